The van der Waals surface area contributed by atoms with Crippen LogP contribution in [0.2, 0.25) is 0 Å². The molecule has 1 amide bonds. The lowest BCUT2D eigenvalue weighted by Gasteiger charge is -2.30. The number of thiol groups is 1. The molecular weight excluding hydrogens is 434 g/mol. The minimum atomic E-state index is -0.428. The predicted octanol–water partition coefficient (Wildman–Crippen LogP) is 7.84. The van der Waals surface area contributed by atoms with Crippen LogP contribution in [0.3, 0.4) is 0 Å². The molecule has 32 heavy (non-hydrogen) atoms. The van der Waals surface area contributed by atoms with Gasteiger partial charge in [0.25, 0.3) is 0 Å². The highest BCUT2D eigenvalue weighted by molar-refractivity contribution is 7.99. The highest BCUT2D eigenvalue weighted by Gasteiger charge is 2.25. The van der Waals surface area contributed by atoms with Gasteiger partial charge < -0.3 is 10.1 Å². The minimum Gasteiger partial charge on any atom is -0.444 e. The number of amides is 1. The smallest absolute Gasteiger partial charge is 0.407 e. The third-order valence-electron chi connectivity index (χ3n) is 5.29. The van der Waals surface area contributed by atoms with E-state index in [1.807, 2.05) is 50.7 Å². The second kappa shape index (κ2) is 13.2. The molecule has 0 aromatic heterocycles. The fraction of sp³-hybridized carbons (Fsp3) is 0.519. The SMILES string of the molecule is Cc1cccc(S)c1.Cc1cccc(SCC[C@@H]2CCC[C@H](NC(=O)OC(C)(C)C)C2)c1. The molecule has 176 valence electrons. The van der Waals surface area contributed by atoms with Crippen molar-refractivity contribution in [1.82, 2.24) is 5.32 Å². The van der Waals surface area contributed by atoms with Gasteiger partial charge in [-0.1, -0.05) is 48.2 Å². The van der Waals surface area contributed by atoms with Gasteiger partial charge in [0.15, 0.2) is 0 Å². The highest BCUT2D eigenvalue weighted by Crippen LogP contribution is 2.30. The van der Waals surface area contributed by atoms with Gasteiger partial charge in [0, 0.05) is 15.8 Å². The van der Waals surface area contributed by atoms with E-state index in [1.165, 1.54) is 35.3 Å². The maximum Gasteiger partial charge on any atom is 0.407 e. The first-order valence-electron chi connectivity index (χ1n) is 11.6. The maximum absolute atomic E-state index is 11.9. The molecule has 1 fully saturated rings. The molecule has 3 rings (SSSR count). The number of nitrogens with one attached hydrogen (secondary N) is 1. The third kappa shape index (κ3) is 11.3. The Morgan fingerprint density at radius 3 is 2.38 bits per heavy atom. The second-order valence-electron chi connectivity index (χ2n) is 9.67. The summed E-state index contributed by atoms with van der Waals surface area (Å²) in [7, 11) is 0. The fourth-order valence-corrected chi connectivity index (χ4v) is 5.26. The predicted molar refractivity (Wildman–Crippen MR) is 140 cm³/mol. The van der Waals surface area contributed by atoms with Crippen LogP contribution in [0.4, 0.5) is 4.79 Å². The second-order valence-corrected chi connectivity index (χ2v) is 11.4. The maximum atomic E-state index is 11.9. The van der Waals surface area contributed by atoms with Crippen LogP contribution in [0.5, 0.6) is 0 Å². The van der Waals surface area contributed by atoms with Crippen LogP contribution < -0.4 is 5.32 Å². The van der Waals surface area contributed by atoms with Crippen molar-refractivity contribution in [3.8, 4) is 0 Å². The van der Waals surface area contributed by atoms with E-state index in [4.69, 9.17) is 4.74 Å². The molecule has 0 aliphatic heterocycles. The number of carbonyl (C=O) groups excluding carboxylic acids is 1. The van der Waals surface area contributed by atoms with Gasteiger partial charge in [0.1, 0.15) is 5.60 Å². The lowest BCUT2D eigenvalue weighted by Crippen LogP contribution is -2.41. The summed E-state index contributed by atoms with van der Waals surface area (Å²) in [5, 5.41) is 3.05. The highest BCUT2D eigenvalue weighted by atomic mass is 32.2. The average Bonchev–Trinajstić information content (AvgIpc) is 2.67. The summed E-state index contributed by atoms with van der Waals surface area (Å²) in [6.45, 7) is 9.90. The summed E-state index contributed by atoms with van der Waals surface area (Å²) in [6, 6.07) is 17.0. The topological polar surface area (TPSA) is 38.3 Å². The summed E-state index contributed by atoms with van der Waals surface area (Å²) in [6.07, 6.45) is 5.56. The Labute approximate surface area is 204 Å². The molecule has 1 aliphatic rings. The van der Waals surface area contributed by atoms with Gasteiger partial charge in [-0.05, 0) is 89.8 Å². The Kier molecular flexibility index (Phi) is 11.0. The number of benzene rings is 2. The summed E-state index contributed by atoms with van der Waals surface area (Å²) in [5.74, 6) is 1.85. The van der Waals surface area contributed by atoms with Crippen LogP contribution in [0, 0.1) is 19.8 Å². The van der Waals surface area contributed by atoms with Crippen molar-refractivity contribution < 1.29 is 9.53 Å². The van der Waals surface area contributed by atoms with Gasteiger partial charge in [0.2, 0.25) is 0 Å². The molecule has 2 aromatic carbocycles. The van der Waals surface area contributed by atoms with Crippen molar-refractivity contribution in [2.24, 2.45) is 5.92 Å². The standard InChI is InChI=1S/C20H31NO2S.C7H8S/c1-15-7-5-10-18(13-15)24-12-11-16-8-6-9-17(14-16)21-19(22)23-20(2,3)4;1-6-3-2-4-7(8)5-6/h5,7,10,13,16-17H,6,8-9,11-12,14H2,1-4H3,(H,21,22);2-5,8H,1H3/t16-,17-;/m0./s1. The van der Waals surface area contributed by atoms with Crippen LogP contribution in [-0.4, -0.2) is 23.5 Å². The molecule has 2 atom stereocenters. The monoisotopic (exact) mass is 473 g/mol. The fourth-order valence-electron chi connectivity index (χ4n) is 3.84. The van der Waals surface area contributed by atoms with E-state index in [9.17, 15) is 4.79 Å². The number of hydrogen-bond donors (Lipinski definition) is 2. The lowest BCUT2D eigenvalue weighted by molar-refractivity contribution is 0.0484. The quantitative estimate of drug-likeness (QED) is 0.343. The van der Waals surface area contributed by atoms with Crippen molar-refractivity contribution in [3.05, 3.63) is 59.7 Å². The molecule has 0 unspecified atom stereocenters. The Bertz CT molecular complexity index is 830. The summed E-state index contributed by atoms with van der Waals surface area (Å²) in [5.41, 5.74) is 2.15. The first-order chi connectivity index (χ1) is 15.1. The van der Waals surface area contributed by atoms with Crippen molar-refractivity contribution in [1.29, 1.82) is 0 Å². The molecule has 0 saturated heterocycles. The molecule has 3 nitrogen and oxygen atoms in total. The van der Waals surface area contributed by atoms with Crippen molar-refractivity contribution in [2.45, 2.75) is 88.2 Å². The lowest BCUT2D eigenvalue weighted by atomic mass is 9.84. The van der Waals surface area contributed by atoms with E-state index in [-0.39, 0.29) is 12.1 Å². The molecule has 0 bridgehead atoms. The first kappa shape index (κ1) is 26.7. The molecule has 0 heterocycles. The van der Waals surface area contributed by atoms with Crippen LogP contribution in [0.15, 0.2) is 58.3 Å². The van der Waals surface area contributed by atoms with Gasteiger partial charge in [-0.15, -0.1) is 24.4 Å². The van der Waals surface area contributed by atoms with Crippen molar-refractivity contribution in [2.75, 3.05) is 5.75 Å². The van der Waals surface area contributed by atoms with Gasteiger partial charge >= 0.3 is 6.09 Å². The van der Waals surface area contributed by atoms with Crippen LogP contribution in [0.25, 0.3) is 0 Å². The number of hydrogen-bond acceptors (Lipinski definition) is 4. The van der Waals surface area contributed by atoms with Gasteiger partial charge in [0.05, 0.1) is 0 Å². The number of ether oxygens (including phenoxy) is 1. The van der Waals surface area contributed by atoms with Gasteiger partial charge in [-0.25, -0.2) is 4.79 Å². The molecule has 0 spiro atoms. The van der Waals surface area contributed by atoms with E-state index in [1.54, 1.807) is 0 Å². The Morgan fingerprint density at radius 1 is 1.09 bits per heavy atom. The molecule has 0 radical (unpaired) electrons. The number of aryl methyl sites for hydroxylation is 2. The summed E-state index contributed by atoms with van der Waals surface area (Å²) >= 11 is 6.09. The Balaban J connectivity index is 0.000000380. The number of carbonyl (C=O) groups is 1. The molecular formula is C27H39NO2S2. The molecule has 1 N–H and O–H groups in total. The van der Waals surface area contributed by atoms with E-state index in [2.05, 4.69) is 62.1 Å². The number of thioether (sulfide) groups is 1. The van der Waals surface area contributed by atoms with Crippen LogP contribution >= 0.6 is 24.4 Å². The largest absolute Gasteiger partial charge is 0.444 e. The van der Waals surface area contributed by atoms with Crippen molar-refractivity contribution >= 4 is 30.5 Å². The van der Waals surface area contributed by atoms with E-state index < -0.39 is 5.60 Å². The van der Waals surface area contributed by atoms with E-state index >= 15 is 0 Å². The minimum absolute atomic E-state index is 0.266. The summed E-state index contributed by atoms with van der Waals surface area (Å²) < 4.78 is 5.37. The molecule has 2 aromatic rings. The number of alkyl carbamates (subject to hydrolysis) is 1. The average molecular weight is 474 g/mol. The zero-order chi connectivity index (χ0) is 23.6. The zero-order valence-electron chi connectivity index (χ0n) is 20.2. The zero-order valence-corrected chi connectivity index (χ0v) is 21.9. The van der Waals surface area contributed by atoms with E-state index in [0.717, 1.165) is 23.5 Å². The Hall–Kier alpha value is -1.59. The van der Waals surface area contributed by atoms with Crippen LogP contribution in [-0.2, 0) is 4.74 Å². The Morgan fingerprint density at radius 2 is 1.78 bits per heavy atom. The summed E-state index contributed by atoms with van der Waals surface area (Å²) in [4.78, 5) is 14.3. The first-order valence-corrected chi connectivity index (χ1v) is 13.0. The van der Waals surface area contributed by atoms with Crippen molar-refractivity contribution in [3.63, 3.8) is 0 Å². The van der Waals surface area contributed by atoms with Gasteiger partial charge in [-0.2, -0.15) is 0 Å². The molecule has 5 heteroatoms. The molecule has 1 aliphatic carbocycles. The third-order valence-corrected chi connectivity index (χ3v) is 6.59. The number of rotatable bonds is 5. The van der Waals surface area contributed by atoms with E-state index in [0.29, 0.717) is 5.92 Å². The molecule has 1 saturated carbocycles. The van der Waals surface area contributed by atoms with Crippen LogP contribution in [0.1, 0.15) is 64.0 Å². The van der Waals surface area contributed by atoms with Gasteiger partial charge in [-0.3, -0.25) is 0 Å². The normalized spacial score (nSPS) is 18.3.